The second-order valence-corrected chi connectivity index (χ2v) is 6.19. The molecule has 0 aliphatic carbocycles. The van der Waals surface area contributed by atoms with Crippen LogP contribution < -0.4 is 10.9 Å². The van der Waals surface area contributed by atoms with Crippen LogP contribution in [-0.4, -0.2) is 10.2 Å². The van der Waals surface area contributed by atoms with Gasteiger partial charge >= 0.3 is 0 Å². The van der Waals surface area contributed by atoms with Crippen LogP contribution in [0.5, 0.6) is 0 Å². The lowest BCUT2D eigenvalue weighted by atomic mass is 10.1. The molecule has 0 atom stereocenters. The van der Waals surface area contributed by atoms with E-state index in [1.54, 1.807) is 6.07 Å². The minimum absolute atomic E-state index is 0.226. The van der Waals surface area contributed by atoms with Crippen LogP contribution in [-0.2, 0) is 0 Å². The molecule has 0 amide bonds. The largest absolute Gasteiger partial charge is 0.355 e. The van der Waals surface area contributed by atoms with E-state index in [4.69, 9.17) is 0 Å². The predicted octanol–water partition coefficient (Wildman–Crippen LogP) is 4.17. The van der Waals surface area contributed by atoms with Crippen molar-refractivity contribution in [2.24, 2.45) is 0 Å². The zero-order valence-electron chi connectivity index (χ0n) is 11.7. The lowest BCUT2D eigenvalue weighted by Crippen LogP contribution is -1.97. The van der Waals surface area contributed by atoms with Crippen molar-refractivity contribution in [1.82, 2.24) is 10.2 Å². The average Bonchev–Trinajstić information content (AvgIpc) is 2.88. The van der Waals surface area contributed by atoms with Crippen LogP contribution in [0.25, 0.3) is 11.3 Å². The maximum atomic E-state index is 13.6. The summed E-state index contributed by atoms with van der Waals surface area (Å²) in [5.74, 6) is -0.340. The van der Waals surface area contributed by atoms with Gasteiger partial charge in [0.05, 0.1) is 11.4 Å². The number of anilines is 2. The molecule has 0 saturated heterocycles. The summed E-state index contributed by atoms with van der Waals surface area (Å²) in [6.45, 7) is 1.99. The standard InChI is InChI=1S/C16H13FIN3O/c1-9-6-11(18)3-5-13(9)19-14-7-10(17)2-4-12(14)15-8-16(22)21-20-15/h2-8,19H,1H3,(H2,20,21,22). The van der Waals surface area contributed by atoms with Gasteiger partial charge in [0.25, 0.3) is 5.56 Å². The van der Waals surface area contributed by atoms with Crippen LogP contribution in [0.2, 0.25) is 0 Å². The minimum atomic E-state index is -0.340. The Kier molecular flexibility index (Phi) is 4.02. The number of aromatic amines is 2. The van der Waals surface area contributed by atoms with Crippen molar-refractivity contribution in [3.63, 3.8) is 0 Å². The third-order valence-electron chi connectivity index (χ3n) is 3.33. The summed E-state index contributed by atoms with van der Waals surface area (Å²) >= 11 is 2.25. The van der Waals surface area contributed by atoms with Gasteiger partial charge in [-0.15, -0.1) is 0 Å². The average molecular weight is 409 g/mol. The lowest BCUT2D eigenvalue weighted by molar-refractivity contribution is 0.628. The van der Waals surface area contributed by atoms with Gasteiger partial charge < -0.3 is 5.32 Å². The minimum Gasteiger partial charge on any atom is -0.355 e. The molecule has 0 spiro atoms. The molecule has 3 rings (SSSR count). The highest BCUT2D eigenvalue weighted by molar-refractivity contribution is 14.1. The number of H-pyrrole nitrogens is 2. The maximum Gasteiger partial charge on any atom is 0.264 e. The van der Waals surface area contributed by atoms with Crippen LogP contribution in [0.3, 0.4) is 0 Å². The highest BCUT2D eigenvalue weighted by Crippen LogP contribution is 2.30. The van der Waals surface area contributed by atoms with Gasteiger partial charge in [0.2, 0.25) is 0 Å². The lowest BCUT2D eigenvalue weighted by Gasteiger charge is -2.13. The third-order valence-corrected chi connectivity index (χ3v) is 4.00. The Bertz CT molecular complexity index is 885. The van der Waals surface area contributed by atoms with Gasteiger partial charge in [0.15, 0.2) is 0 Å². The Labute approximate surface area is 139 Å². The van der Waals surface area contributed by atoms with E-state index in [1.807, 2.05) is 25.1 Å². The Morgan fingerprint density at radius 1 is 1.05 bits per heavy atom. The molecular weight excluding hydrogens is 396 g/mol. The number of halogens is 2. The van der Waals surface area contributed by atoms with E-state index >= 15 is 0 Å². The first kappa shape index (κ1) is 14.8. The van der Waals surface area contributed by atoms with E-state index in [1.165, 1.54) is 18.2 Å². The molecule has 6 heteroatoms. The highest BCUT2D eigenvalue weighted by Gasteiger charge is 2.10. The fraction of sp³-hybridized carbons (Fsp3) is 0.0625. The summed E-state index contributed by atoms with van der Waals surface area (Å²) in [5, 5.41) is 8.52. The summed E-state index contributed by atoms with van der Waals surface area (Å²) in [7, 11) is 0. The van der Waals surface area contributed by atoms with Crippen molar-refractivity contribution in [2.45, 2.75) is 6.92 Å². The second-order valence-electron chi connectivity index (χ2n) is 4.95. The van der Waals surface area contributed by atoms with E-state index < -0.39 is 0 Å². The summed E-state index contributed by atoms with van der Waals surface area (Å²) < 4.78 is 14.7. The summed E-state index contributed by atoms with van der Waals surface area (Å²) in [5.41, 5.74) is 3.65. The number of hydrogen-bond acceptors (Lipinski definition) is 2. The number of aryl methyl sites for hydroxylation is 1. The van der Waals surface area contributed by atoms with Gasteiger partial charge in [-0.2, -0.15) is 0 Å². The van der Waals surface area contributed by atoms with Crippen molar-refractivity contribution in [2.75, 3.05) is 5.32 Å². The maximum absolute atomic E-state index is 13.6. The number of rotatable bonds is 3. The SMILES string of the molecule is Cc1cc(I)ccc1Nc1cc(F)ccc1-c1cc(=O)[nH][nH]1. The van der Waals surface area contributed by atoms with E-state index in [2.05, 4.69) is 38.1 Å². The molecule has 0 fully saturated rings. The second kappa shape index (κ2) is 5.96. The number of nitrogens with one attached hydrogen (secondary N) is 3. The number of hydrogen-bond donors (Lipinski definition) is 3. The van der Waals surface area contributed by atoms with E-state index in [9.17, 15) is 9.18 Å². The molecule has 0 unspecified atom stereocenters. The van der Waals surface area contributed by atoms with E-state index in [-0.39, 0.29) is 11.4 Å². The van der Waals surface area contributed by atoms with Crippen molar-refractivity contribution in [3.05, 3.63) is 67.8 Å². The quantitative estimate of drug-likeness (QED) is 0.569. The predicted molar refractivity (Wildman–Crippen MR) is 94.0 cm³/mol. The van der Waals surface area contributed by atoms with Crippen LogP contribution >= 0.6 is 22.6 Å². The topological polar surface area (TPSA) is 60.7 Å². The van der Waals surface area contributed by atoms with Crippen molar-refractivity contribution in [3.8, 4) is 11.3 Å². The summed E-state index contributed by atoms with van der Waals surface area (Å²) in [6, 6.07) is 11.8. The molecule has 0 radical (unpaired) electrons. The Morgan fingerprint density at radius 3 is 2.55 bits per heavy atom. The molecule has 0 saturated carbocycles. The number of aromatic nitrogens is 2. The van der Waals surface area contributed by atoms with Gasteiger partial charge in [-0.3, -0.25) is 15.0 Å². The van der Waals surface area contributed by atoms with Crippen LogP contribution in [0, 0.1) is 16.3 Å². The molecule has 22 heavy (non-hydrogen) atoms. The van der Waals surface area contributed by atoms with Gasteiger partial charge in [-0.05, 0) is 71.5 Å². The molecule has 1 aromatic heterocycles. The van der Waals surface area contributed by atoms with Crippen molar-refractivity contribution in [1.29, 1.82) is 0 Å². The fourth-order valence-electron chi connectivity index (χ4n) is 2.24. The summed E-state index contributed by atoms with van der Waals surface area (Å²) in [4.78, 5) is 11.3. The molecule has 4 nitrogen and oxygen atoms in total. The Hall–Kier alpha value is -2.09. The van der Waals surface area contributed by atoms with E-state index in [0.29, 0.717) is 11.4 Å². The van der Waals surface area contributed by atoms with Crippen molar-refractivity contribution < 1.29 is 4.39 Å². The van der Waals surface area contributed by atoms with Crippen molar-refractivity contribution >= 4 is 34.0 Å². The van der Waals surface area contributed by atoms with Gasteiger partial charge in [0.1, 0.15) is 5.82 Å². The van der Waals surface area contributed by atoms with Crippen LogP contribution in [0.1, 0.15) is 5.56 Å². The fourth-order valence-corrected chi connectivity index (χ4v) is 2.89. The molecular formula is C16H13FIN3O. The highest BCUT2D eigenvalue weighted by atomic mass is 127. The van der Waals surface area contributed by atoms with Crippen LogP contribution in [0.4, 0.5) is 15.8 Å². The Balaban J connectivity index is 2.06. The molecule has 2 aromatic carbocycles. The number of benzene rings is 2. The van der Waals surface area contributed by atoms with Gasteiger partial charge in [0, 0.05) is 20.9 Å². The molecule has 3 N–H and O–H groups in total. The first-order valence-electron chi connectivity index (χ1n) is 6.64. The zero-order chi connectivity index (χ0) is 15.7. The third kappa shape index (κ3) is 3.06. The Morgan fingerprint density at radius 2 is 1.86 bits per heavy atom. The van der Waals surface area contributed by atoms with Gasteiger partial charge in [-0.1, -0.05) is 0 Å². The molecule has 1 heterocycles. The smallest absolute Gasteiger partial charge is 0.264 e. The first-order chi connectivity index (χ1) is 10.5. The monoisotopic (exact) mass is 409 g/mol. The van der Waals surface area contributed by atoms with Gasteiger partial charge in [-0.25, -0.2) is 4.39 Å². The molecule has 112 valence electrons. The van der Waals surface area contributed by atoms with Crippen LogP contribution in [0.15, 0.2) is 47.3 Å². The normalized spacial score (nSPS) is 10.7. The molecule has 0 aliphatic heterocycles. The van der Waals surface area contributed by atoms with E-state index in [0.717, 1.165) is 20.4 Å². The molecule has 3 aromatic rings. The zero-order valence-corrected chi connectivity index (χ0v) is 13.9. The first-order valence-corrected chi connectivity index (χ1v) is 7.71. The molecule has 0 bridgehead atoms. The summed E-state index contributed by atoms with van der Waals surface area (Å²) in [6.07, 6.45) is 0. The molecule has 0 aliphatic rings.